The van der Waals surface area contributed by atoms with E-state index in [1.54, 1.807) is 0 Å². The van der Waals surface area contributed by atoms with Crippen LogP contribution in [0.1, 0.15) is 58.8 Å². The molecule has 2 nitrogen and oxygen atoms in total. The lowest BCUT2D eigenvalue weighted by Gasteiger charge is -2.04. The highest BCUT2D eigenvalue weighted by Crippen LogP contribution is 2.17. The van der Waals surface area contributed by atoms with E-state index in [0.717, 1.165) is 24.8 Å². The van der Waals surface area contributed by atoms with E-state index in [4.69, 9.17) is 0 Å². The number of carbonyl (C=O) groups is 2. The number of hydrogen-bond donors (Lipinski definition) is 0. The van der Waals surface area contributed by atoms with Gasteiger partial charge >= 0.3 is 0 Å². The van der Waals surface area contributed by atoms with Crippen molar-refractivity contribution in [1.29, 1.82) is 0 Å². The highest BCUT2D eigenvalue weighted by atomic mass is 16.1. The van der Waals surface area contributed by atoms with E-state index in [9.17, 15) is 9.59 Å². The van der Waals surface area contributed by atoms with Gasteiger partial charge in [0.05, 0.1) is 0 Å². The molecule has 2 heteroatoms. The molecule has 0 heterocycles. The minimum atomic E-state index is 0.263. The van der Waals surface area contributed by atoms with Gasteiger partial charge in [0.1, 0.15) is 11.6 Å². The maximum atomic E-state index is 11.6. The second kappa shape index (κ2) is 7.21. The third-order valence-corrected chi connectivity index (χ3v) is 2.97. The van der Waals surface area contributed by atoms with Crippen molar-refractivity contribution in [2.45, 2.75) is 58.8 Å². The molecule has 0 N–H and O–H groups in total. The van der Waals surface area contributed by atoms with Crippen LogP contribution >= 0.6 is 0 Å². The van der Waals surface area contributed by atoms with E-state index >= 15 is 0 Å². The van der Waals surface area contributed by atoms with Gasteiger partial charge in [-0.15, -0.1) is 0 Å². The number of Topliss-reactive ketones (excluding diaryl/α,β-unsaturated/α-hetero) is 2. The zero-order valence-corrected chi connectivity index (χ0v) is 10.9. The van der Waals surface area contributed by atoms with Crippen molar-refractivity contribution >= 4 is 11.6 Å². The molecule has 1 aliphatic carbocycles. The first-order chi connectivity index (χ1) is 8.08. The monoisotopic (exact) mass is 234 g/mol. The summed E-state index contributed by atoms with van der Waals surface area (Å²) in [7, 11) is 0. The summed E-state index contributed by atoms with van der Waals surface area (Å²) in [5.41, 5.74) is 2.44. The molecule has 0 amide bonds. The Bertz CT molecular complexity index is 344. The molecule has 0 unspecified atom stereocenters. The lowest BCUT2D eigenvalue weighted by atomic mass is 10.0. The van der Waals surface area contributed by atoms with Crippen LogP contribution in [0.15, 0.2) is 23.3 Å². The Morgan fingerprint density at radius 2 is 1.94 bits per heavy atom. The second-order valence-electron chi connectivity index (χ2n) is 4.99. The predicted octanol–water partition coefficient (Wildman–Crippen LogP) is 3.76. The summed E-state index contributed by atoms with van der Waals surface area (Å²) < 4.78 is 0. The molecule has 0 aromatic carbocycles. The minimum absolute atomic E-state index is 0.263. The predicted molar refractivity (Wildman–Crippen MR) is 69.8 cm³/mol. The van der Waals surface area contributed by atoms with E-state index in [0.29, 0.717) is 25.7 Å². The van der Waals surface area contributed by atoms with Crippen molar-refractivity contribution in [1.82, 2.24) is 0 Å². The summed E-state index contributed by atoms with van der Waals surface area (Å²) >= 11 is 0. The van der Waals surface area contributed by atoms with Crippen LogP contribution in [0.4, 0.5) is 0 Å². The van der Waals surface area contributed by atoms with Crippen LogP contribution in [-0.4, -0.2) is 11.6 Å². The van der Waals surface area contributed by atoms with E-state index in [1.165, 1.54) is 5.57 Å². The van der Waals surface area contributed by atoms with Gasteiger partial charge in [0.25, 0.3) is 0 Å². The van der Waals surface area contributed by atoms with Crippen LogP contribution in [0.5, 0.6) is 0 Å². The van der Waals surface area contributed by atoms with Gasteiger partial charge in [-0.2, -0.15) is 0 Å². The van der Waals surface area contributed by atoms with Gasteiger partial charge in [0.15, 0.2) is 0 Å². The van der Waals surface area contributed by atoms with Crippen LogP contribution in [0.3, 0.4) is 0 Å². The molecule has 0 atom stereocenters. The maximum absolute atomic E-state index is 11.6. The van der Waals surface area contributed by atoms with E-state index in [-0.39, 0.29) is 11.6 Å². The molecule has 0 aromatic heterocycles. The summed E-state index contributed by atoms with van der Waals surface area (Å²) in [6.45, 7) is 4.15. The molecule has 0 saturated carbocycles. The molecular weight excluding hydrogens is 212 g/mol. The molecule has 0 spiro atoms. The van der Waals surface area contributed by atoms with Crippen LogP contribution < -0.4 is 0 Å². The third-order valence-electron chi connectivity index (χ3n) is 2.97. The van der Waals surface area contributed by atoms with Crippen LogP contribution in [0, 0.1) is 0 Å². The summed E-state index contributed by atoms with van der Waals surface area (Å²) in [5.74, 6) is 0.544. The highest BCUT2D eigenvalue weighted by Gasteiger charge is 2.11. The van der Waals surface area contributed by atoms with Crippen molar-refractivity contribution in [3.05, 3.63) is 23.3 Å². The molecule has 0 fully saturated rings. The fourth-order valence-electron chi connectivity index (χ4n) is 1.99. The Hall–Kier alpha value is -1.18. The van der Waals surface area contributed by atoms with Crippen molar-refractivity contribution in [2.24, 2.45) is 0 Å². The van der Waals surface area contributed by atoms with E-state index < -0.39 is 0 Å². The molecule has 1 aliphatic rings. The summed E-state index contributed by atoms with van der Waals surface area (Å²) in [6, 6.07) is 0. The van der Waals surface area contributed by atoms with Gasteiger partial charge in [0.2, 0.25) is 0 Å². The van der Waals surface area contributed by atoms with Gasteiger partial charge in [0, 0.05) is 25.7 Å². The summed E-state index contributed by atoms with van der Waals surface area (Å²) in [6.07, 6.45) is 8.94. The molecule has 17 heavy (non-hydrogen) atoms. The maximum Gasteiger partial charge on any atom is 0.136 e. The fourth-order valence-corrected chi connectivity index (χ4v) is 1.99. The molecule has 94 valence electrons. The first-order valence-electron chi connectivity index (χ1n) is 6.42. The van der Waals surface area contributed by atoms with Crippen molar-refractivity contribution in [2.75, 3.05) is 0 Å². The number of rotatable bonds is 3. The summed E-state index contributed by atoms with van der Waals surface area (Å²) in [5, 5.41) is 0. The molecule has 0 aliphatic heterocycles. The number of ketones is 2. The lowest BCUT2D eigenvalue weighted by Crippen LogP contribution is -1.99. The third kappa shape index (κ3) is 6.20. The van der Waals surface area contributed by atoms with Crippen LogP contribution in [0.2, 0.25) is 0 Å². The largest absolute Gasteiger partial charge is 0.299 e. The Labute approximate surface area is 104 Å². The Morgan fingerprint density at radius 1 is 1.24 bits per heavy atom. The molecule has 0 radical (unpaired) electrons. The zero-order valence-electron chi connectivity index (χ0n) is 10.9. The van der Waals surface area contributed by atoms with Crippen LogP contribution in [-0.2, 0) is 9.59 Å². The molecule has 0 bridgehead atoms. The first kappa shape index (κ1) is 13.9. The molecular formula is C15H22O2. The Balaban J connectivity index is 2.58. The Morgan fingerprint density at radius 3 is 2.65 bits per heavy atom. The number of allylic oxidation sites excluding steroid dienone is 4. The number of carbonyl (C=O) groups excluding carboxylic acids is 2. The normalized spacial score (nSPS) is 20.9. The highest BCUT2D eigenvalue weighted by molar-refractivity contribution is 5.84. The van der Waals surface area contributed by atoms with E-state index in [1.807, 2.05) is 6.08 Å². The lowest BCUT2D eigenvalue weighted by molar-refractivity contribution is -0.119. The van der Waals surface area contributed by atoms with Gasteiger partial charge in [-0.05, 0) is 33.1 Å². The van der Waals surface area contributed by atoms with E-state index in [2.05, 4.69) is 19.9 Å². The van der Waals surface area contributed by atoms with Gasteiger partial charge in [-0.25, -0.2) is 0 Å². The van der Waals surface area contributed by atoms with Gasteiger partial charge in [-0.3, -0.25) is 9.59 Å². The average molecular weight is 234 g/mol. The standard InChI is InChI=1S/C15H22O2/c1-12(2)5-3-6-13-9-10-14(16)7-4-8-15(17)11-13/h5,9H,3-4,6-8,10-11H2,1-2H3/b13-9-. The SMILES string of the molecule is CC(C)=CCC/C1=C/CC(=O)CCCC(=O)C1. The smallest absolute Gasteiger partial charge is 0.136 e. The first-order valence-corrected chi connectivity index (χ1v) is 6.42. The average Bonchev–Trinajstić information content (AvgIpc) is 2.31. The molecule has 0 saturated heterocycles. The van der Waals surface area contributed by atoms with Gasteiger partial charge in [-0.1, -0.05) is 23.3 Å². The summed E-state index contributed by atoms with van der Waals surface area (Å²) in [4.78, 5) is 23.1. The topological polar surface area (TPSA) is 34.1 Å². The molecule has 1 rings (SSSR count). The van der Waals surface area contributed by atoms with Crippen molar-refractivity contribution in [3.63, 3.8) is 0 Å². The zero-order chi connectivity index (χ0) is 12.7. The van der Waals surface area contributed by atoms with Gasteiger partial charge < -0.3 is 0 Å². The minimum Gasteiger partial charge on any atom is -0.299 e. The number of hydrogen-bond acceptors (Lipinski definition) is 2. The molecule has 0 aromatic rings. The fraction of sp³-hybridized carbons (Fsp3) is 0.600. The van der Waals surface area contributed by atoms with Crippen molar-refractivity contribution in [3.8, 4) is 0 Å². The quantitative estimate of drug-likeness (QED) is 0.697. The second-order valence-corrected chi connectivity index (χ2v) is 4.99. The van der Waals surface area contributed by atoms with Crippen LogP contribution in [0.25, 0.3) is 0 Å². The van der Waals surface area contributed by atoms with Crippen molar-refractivity contribution < 1.29 is 9.59 Å². The Kier molecular flexibility index (Phi) is 5.88.